The number of thiazole rings is 1. The third-order valence-corrected chi connectivity index (χ3v) is 5.24. The molecule has 0 aliphatic heterocycles. The molecule has 0 bridgehead atoms. The van der Waals surface area contributed by atoms with E-state index in [9.17, 15) is 4.79 Å². The van der Waals surface area contributed by atoms with Crippen LogP contribution in [-0.4, -0.2) is 27.8 Å². The largest absolute Gasteiger partial charge is 0.497 e. The van der Waals surface area contributed by atoms with Gasteiger partial charge in [0.05, 0.1) is 23.9 Å². The number of hydrogen-bond acceptors (Lipinski definition) is 5. The maximum atomic E-state index is 13.2. The molecule has 0 fully saturated rings. The minimum absolute atomic E-state index is 0.175. The number of methoxy groups -OCH3 is 1. The molecule has 2 aromatic heterocycles. The molecule has 0 radical (unpaired) electrons. The van der Waals surface area contributed by atoms with Crippen molar-refractivity contribution >= 4 is 32.6 Å². The van der Waals surface area contributed by atoms with E-state index in [4.69, 9.17) is 4.74 Å². The second kappa shape index (κ2) is 7.20. The van der Waals surface area contributed by atoms with Gasteiger partial charge in [0, 0.05) is 19.3 Å². The minimum Gasteiger partial charge on any atom is -0.497 e. The van der Waals surface area contributed by atoms with Crippen LogP contribution in [0.15, 0.2) is 60.8 Å². The fourth-order valence-electron chi connectivity index (χ4n) is 2.80. The first kappa shape index (κ1) is 17.2. The molecule has 6 nitrogen and oxygen atoms in total. The lowest BCUT2D eigenvalue weighted by Crippen LogP contribution is -2.30. The van der Waals surface area contributed by atoms with Crippen LogP contribution in [0.4, 0.5) is 5.13 Å². The van der Waals surface area contributed by atoms with E-state index >= 15 is 0 Å². The summed E-state index contributed by atoms with van der Waals surface area (Å²) in [5, 5.41) is 4.90. The fourth-order valence-corrected chi connectivity index (χ4v) is 3.74. The van der Waals surface area contributed by atoms with E-state index in [0.29, 0.717) is 17.4 Å². The highest BCUT2D eigenvalue weighted by Crippen LogP contribution is 2.32. The van der Waals surface area contributed by atoms with Crippen molar-refractivity contribution in [3.63, 3.8) is 0 Å². The van der Waals surface area contributed by atoms with Crippen molar-refractivity contribution in [3.8, 4) is 5.75 Å². The minimum atomic E-state index is -0.175. The second-order valence-electron chi connectivity index (χ2n) is 6.08. The van der Waals surface area contributed by atoms with E-state index in [0.717, 1.165) is 21.5 Å². The van der Waals surface area contributed by atoms with Crippen LogP contribution < -0.4 is 9.64 Å². The normalized spacial score (nSPS) is 10.9. The summed E-state index contributed by atoms with van der Waals surface area (Å²) in [4.78, 5) is 19.5. The van der Waals surface area contributed by atoms with E-state index in [1.807, 2.05) is 48.5 Å². The lowest BCUT2D eigenvalue weighted by atomic mass is 10.2. The van der Waals surface area contributed by atoms with Gasteiger partial charge >= 0.3 is 0 Å². The van der Waals surface area contributed by atoms with Gasteiger partial charge in [0.25, 0.3) is 5.91 Å². The van der Waals surface area contributed by atoms with Gasteiger partial charge in [-0.05, 0) is 23.8 Å². The Hall–Kier alpha value is -3.19. The molecule has 4 aromatic rings. The topological polar surface area (TPSA) is 60.2 Å². The number of aromatic nitrogens is 3. The zero-order valence-electron chi connectivity index (χ0n) is 15.0. The molecule has 2 aromatic carbocycles. The highest BCUT2D eigenvalue weighted by molar-refractivity contribution is 7.22. The number of aryl methyl sites for hydroxylation is 1. The van der Waals surface area contributed by atoms with Crippen molar-refractivity contribution in [2.45, 2.75) is 6.54 Å². The van der Waals surface area contributed by atoms with Gasteiger partial charge in [0.15, 0.2) is 10.8 Å². The Morgan fingerprint density at radius 2 is 2.00 bits per heavy atom. The quantitative estimate of drug-likeness (QED) is 0.529. The number of rotatable bonds is 5. The number of fused-ring (bicyclic) bond motifs is 1. The molecular weight excluding hydrogens is 360 g/mol. The summed E-state index contributed by atoms with van der Waals surface area (Å²) >= 11 is 1.48. The average molecular weight is 378 g/mol. The van der Waals surface area contributed by atoms with Gasteiger partial charge in [-0.1, -0.05) is 41.7 Å². The van der Waals surface area contributed by atoms with Crippen molar-refractivity contribution in [2.24, 2.45) is 7.05 Å². The number of carbonyl (C=O) groups excluding carboxylic acids is 1. The first-order valence-electron chi connectivity index (χ1n) is 8.44. The summed E-state index contributed by atoms with van der Waals surface area (Å²) in [5.41, 5.74) is 2.23. The Bertz CT molecular complexity index is 1090. The highest BCUT2D eigenvalue weighted by Gasteiger charge is 2.23. The Morgan fingerprint density at radius 1 is 1.19 bits per heavy atom. The first-order chi connectivity index (χ1) is 13.1. The van der Waals surface area contributed by atoms with Crippen LogP contribution in [0.5, 0.6) is 5.75 Å². The molecule has 0 atom stereocenters. The number of amides is 1. The number of hydrogen-bond donors (Lipinski definition) is 0. The molecule has 0 aliphatic carbocycles. The molecule has 0 saturated carbocycles. The van der Waals surface area contributed by atoms with Crippen LogP contribution in [0.3, 0.4) is 0 Å². The lowest BCUT2D eigenvalue weighted by Gasteiger charge is -2.19. The fraction of sp³-hybridized carbons (Fsp3) is 0.150. The number of carbonyl (C=O) groups is 1. The number of nitrogens with zero attached hydrogens (tertiary/aromatic N) is 4. The van der Waals surface area contributed by atoms with Gasteiger partial charge < -0.3 is 4.74 Å². The molecule has 7 heteroatoms. The molecular formula is C20H18N4O2S. The van der Waals surface area contributed by atoms with Gasteiger partial charge in [0.1, 0.15) is 5.75 Å². The molecule has 0 aliphatic rings. The maximum Gasteiger partial charge on any atom is 0.280 e. The standard InChI is InChI=1S/C20H18N4O2S/c1-23-11-10-16(22-23)19(25)24(13-14-6-4-3-5-7-14)20-21-17-12-15(26-2)8-9-18(17)27-20/h3-12H,13H2,1-2H3. The van der Waals surface area contributed by atoms with Gasteiger partial charge in [-0.2, -0.15) is 5.10 Å². The predicted molar refractivity (Wildman–Crippen MR) is 106 cm³/mol. The molecule has 0 saturated heterocycles. The SMILES string of the molecule is COc1ccc2sc(N(Cc3ccccc3)C(=O)c3ccn(C)n3)nc2c1. The number of anilines is 1. The average Bonchev–Trinajstić information content (AvgIpc) is 3.31. The molecule has 2 heterocycles. The monoisotopic (exact) mass is 378 g/mol. The zero-order chi connectivity index (χ0) is 18.8. The van der Waals surface area contributed by atoms with Gasteiger partial charge in [0.2, 0.25) is 0 Å². The predicted octanol–water partition coefficient (Wildman–Crippen LogP) is 3.89. The maximum absolute atomic E-state index is 13.2. The summed E-state index contributed by atoms with van der Waals surface area (Å²) in [6.07, 6.45) is 1.76. The summed E-state index contributed by atoms with van der Waals surface area (Å²) in [6.45, 7) is 0.424. The third kappa shape index (κ3) is 3.54. The van der Waals surface area contributed by atoms with Crippen LogP contribution in [0.2, 0.25) is 0 Å². The summed E-state index contributed by atoms with van der Waals surface area (Å²) < 4.78 is 7.90. The third-order valence-electron chi connectivity index (χ3n) is 4.18. The van der Waals surface area contributed by atoms with E-state index in [1.165, 1.54) is 11.3 Å². The van der Waals surface area contributed by atoms with Crippen molar-refractivity contribution in [1.29, 1.82) is 0 Å². The smallest absolute Gasteiger partial charge is 0.280 e. The van der Waals surface area contributed by atoms with E-state index in [-0.39, 0.29) is 5.91 Å². The lowest BCUT2D eigenvalue weighted by molar-refractivity contribution is 0.0979. The second-order valence-corrected chi connectivity index (χ2v) is 7.09. The van der Waals surface area contributed by atoms with Crippen molar-refractivity contribution in [2.75, 3.05) is 12.0 Å². The highest BCUT2D eigenvalue weighted by atomic mass is 32.1. The molecule has 27 heavy (non-hydrogen) atoms. The van der Waals surface area contributed by atoms with Crippen molar-refractivity contribution < 1.29 is 9.53 Å². The van der Waals surface area contributed by atoms with Crippen LogP contribution in [-0.2, 0) is 13.6 Å². The van der Waals surface area contributed by atoms with Crippen molar-refractivity contribution in [3.05, 3.63) is 72.1 Å². The number of benzene rings is 2. The molecule has 0 N–H and O–H groups in total. The van der Waals surface area contributed by atoms with E-state index in [1.54, 1.807) is 36.0 Å². The molecule has 0 spiro atoms. The summed E-state index contributed by atoms with van der Waals surface area (Å²) in [7, 11) is 3.42. The van der Waals surface area contributed by atoms with Crippen LogP contribution >= 0.6 is 11.3 Å². The van der Waals surface area contributed by atoms with Gasteiger partial charge in [-0.25, -0.2) is 4.98 Å². The van der Waals surface area contributed by atoms with Crippen molar-refractivity contribution in [1.82, 2.24) is 14.8 Å². The van der Waals surface area contributed by atoms with Gasteiger partial charge in [-0.3, -0.25) is 14.4 Å². The Labute approximate surface area is 160 Å². The van der Waals surface area contributed by atoms with Crippen LogP contribution in [0, 0.1) is 0 Å². The van der Waals surface area contributed by atoms with E-state index < -0.39 is 0 Å². The molecule has 136 valence electrons. The molecule has 0 unspecified atom stereocenters. The van der Waals surface area contributed by atoms with Gasteiger partial charge in [-0.15, -0.1) is 0 Å². The number of ether oxygens (including phenoxy) is 1. The molecule has 4 rings (SSSR count). The Morgan fingerprint density at radius 3 is 2.70 bits per heavy atom. The Balaban J connectivity index is 1.75. The van der Waals surface area contributed by atoms with E-state index in [2.05, 4.69) is 10.1 Å². The first-order valence-corrected chi connectivity index (χ1v) is 9.26. The van der Waals surface area contributed by atoms with Crippen LogP contribution in [0.25, 0.3) is 10.2 Å². The summed E-state index contributed by atoms with van der Waals surface area (Å²) in [5.74, 6) is 0.565. The molecule has 1 amide bonds. The summed E-state index contributed by atoms with van der Waals surface area (Å²) in [6, 6.07) is 17.3. The Kier molecular flexibility index (Phi) is 4.60. The van der Waals surface area contributed by atoms with Crippen LogP contribution in [0.1, 0.15) is 16.1 Å². The zero-order valence-corrected chi connectivity index (χ0v) is 15.8.